The predicted molar refractivity (Wildman–Crippen MR) is 94.3 cm³/mol. The van der Waals surface area contributed by atoms with Gasteiger partial charge in [0.25, 0.3) is 0 Å². The van der Waals surface area contributed by atoms with Crippen LogP contribution in [-0.2, 0) is 10.8 Å². The molecule has 1 saturated carbocycles. The second-order valence-corrected chi connectivity index (χ2v) is 7.82. The van der Waals surface area contributed by atoms with Gasteiger partial charge in [0.15, 0.2) is 0 Å². The molecular weight excluding hydrogens is 288 g/mol. The Morgan fingerprint density at radius 2 is 1.32 bits per heavy atom. The van der Waals surface area contributed by atoms with E-state index >= 15 is 0 Å². The van der Waals surface area contributed by atoms with Gasteiger partial charge in [-0.05, 0) is 29.9 Å². The van der Waals surface area contributed by atoms with Gasteiger partial charge in [-0.25, -0.2) is 0 Å². The summed E-state index contributed by atoms with van der Waals surface area (Å²) >= 11 is 0. The molecule has 0 aromatic heterocycles. The van der Waals surface area contributed by atoms with E-state index in [0.29, 0.717) is 5.92 Å². The number of rotatable bonds is 5. The van der Waals surface area contributed by atoms with Crippen LogP contribution in [0.4, 0.5) is 0 Å². The zero-order valence-corrected chi connectivity index (χ0v) is 13.8. The van der Waals surface area contributed by atoms with Crippen molar-refractivity contribution in [1.82, 2.24) is 0 Å². The molecule has 3 rings (SSSR count). The van der Waals surface area contributed by atoms with Crippen molar-refractivity contribution < 1.29 is 4.21 Å². The van der Waals surface area contributed by atoms with Crippen LogP contribution < -0.4 is 0 Å². The smallest absolute Gasteiger partial charge is 0.0846 e. The molecule has 2 aromatic carbocycles. The van der Waals surface area contributed by atoms with Crippen LogP contribution in [0.3, 0.4) is 0 Å². The van der Waals surface area contributed by atoms with Crippen LogP contribution >= 0.6 is 0 Å². The molecule has 1 atom stereocenters. The Labute approximate surface area is 136 Å². The zero-order valence-electron chi connectivity index (χ0n) is 13.0. The molecule has 116 valence electrons. The van der Waals surface area contributed by atoms with E-state index in [2.05, 4.69) is 24.3 Å². The van der Waals surface area contributed by atoms with Crippen LogP contribution in [0.1, 0.15) is 48.5 Å². The van der Waals surface area contributed by atoms with Gasteiger partial charge in [-0.1, -0.05) is 79.9 Å². The topological polar surface area (TPSA) is 17.1 Å². The fraction of sp³-hybridized carbons (Fsp3) is 0.400. The van der Waals surface area contributed by atoms with E-state index < -0.39 is 10.8 Å². The fourth-order valence-electron chi connectivity index (χ4n) is 3.43. The van der Waals surface area contributed by atoms with Crippen LogP contribution in [0.15, 0.2) is 60.7 Å². The molecule has 0 radical (unpaired) electrons. The lowest BCUT2D eigenvalue weighted by Crippen LogP contribution is -2.19. The molecular formula is C20H24OS. The molecule has 0 aliphatic heterocycles. The molecule has 22 heavy (non-hydrogen) atoms. The maximum atomic E-state index is 13.1. The van der Waals surface area contributed by atoms with Crippen LogP contribution in [0, 0.1) is 5.92 Å². The fourth-order valence-corrected chi connectivity index (χ4v) is 5.35. The van der Waals surface area contributed by atoms with E-state index in [1.165, 1.54) is 43.2 Å². The molecule has 1 fully saturated rings. The SMILES string of the molecule is O=S(CC1CCCCC1)C(c1ccccc1)c1ccccc1. The molecule has 0 amide bonds. The summed E-state index contributed by atoms with van der Waals surface area (Å²) in [5, 5.41) is 0.00401. The van der Waals surface area contributed by atoms with Gasteiger partial charge in [-0.2, -0.15) is 0 Å². The summed E-state index contributed by atoms with van der Waals surface area (Å²) in [6.07, 6.45) is 6.47. The Bertz CT molecular complexity index is 548. The minimum Gasteiger partial charge on any atom is -0.259 e. The van der Waals surface area contributed by atoms with Crippen LogP contribution in [-0.4, -0.2) is 9.96 Å². The summed E-state index contributed by atoms with van der Waals surface area (Å²) in [7, 11) is -0.857. The largest absolute Gasteiger partial charge is 0.259 e. The van der Waals surface area contributed by atoms with E-state index in [4.69, 9.17) is 0 Å². The first-order valence-corrected chi connectivity index (χ1v) is 9.70. The lowest BCUT2D eigenvalue weighted by molar-refractivity contribution is 0.388. The van der Waals surface area contributed by atoms with Crippen LogP contribution in [0.25, 0.3) is 0 Å². The third kappa shape index (κ3) is 3.86. The molecule has 1 aliphatic rings. The normalized spacial score (nSPS) is 17.5. The number of hydrogen-bond acceptors (Lipinski definition) is 1. The van der Waals surface area contributed by atoms with Gasteiger partial charge in [0.2, 0.25) is 0 Å². The highest BCUT2D eigenvalue weighted by Gasteiger charge is 2.24. The molecule has 0 saturated heterocycles. The highest BCUT2D eigenvalue weighted by molar-refractivity contribution is 7.85. The Morgan fingerprint density at radius 3 is 1.82 bits per heavy atom. The van der Waals surface area contributed by atoms with Gasteiger partial charge < -0.3 is 0 Å². The lowest BCUT2D eigenvalue weighted by Gasteiger charge is -2.24. The van der Waals surface area contributed by atoms with Crippen molar-refractivity contribution in [1.29, 1.82) is 0 Å². The van der Waals surface area contributed by atoms with E-state index in [9.17, 15) is 4.21 Å². The number of benzene rings is 2. The molecule has 1 aliphatic carbocycles. The molecule has 0 bridgehead atoms. The molecule has 2 heteroatoms. The number of hydrogen-bond donors (Lipinski definition) is 0. The third-order valence-electron chi connectivity index (χ3n) is 4.59. The van der Waals surface area contributed by atoms with Gasteiger partial charge in [0.05, 0.1) is 5.25 Å². The summed E-state index contributed by atoms with van der Waals surface area (Å²) < 4.78 is 13.1. The lowest BCUT2D eigenvalue weighted by atomic mass is 9.91. The van der Waals surface area contributed by atoms with E-state index in [1.54, 1.807) is 0 Å². The maximum absolute atomic E-state index is 13.1. The third-order valence-corrected chi connectivity index (χ3v) is 6.46. The van der Waals surface area contributed by atoms with E-state index in [0.717, 1.165) is 5.75 Å². The van der Waals surface area contributed by atoms with E-state index in [-0.39, 0.29) is 5.25 Å². The Kier molecular flexibility index (Phi) is 5.44. The second kappa shape index (κ2) is 7.73. The maximum Gasteiger partial charge on any atom is 0.0846 e. The quantitative estimate of drug-likeness (QED) is 0.750. The Morgan fingerprint density at radius 1 is 0.818 bits per heavy atom. The van der Waals surface area contributed by atoms with Crippen LogP contribution in [0.5, 0.6) is 0 Å². The van der Waals surface area contributed by atoms with Gasteiger partial charge in [0, 0.05) is 16.6 Å². The first-order chi connectivity index (χ1) is 10.8. The van der Waals surface area contributed by atoms with Gasteiger partial charge in [0.1, 0.15) is 0 Å². The van der Waals surface area contributed by atoms with Crippen molar-refractivity contribution in [2.75, 3.05) is 5.75 Å². The Balaban J connectivity index is 1.83. The summed E-state index contributed by atoms with van der Waals surface area (Å²) in [4.78, 5) is 0. The van der Waals surface area contributed by atoms with Crippen molar-refractivity contribution in [3.63, 3.8) is 0 Å². The minimum atomic E-state index is -0.857. The van der Waals surface area contributed by atoms with Crippen molar-refractivity contribution in [2.45, 2.75) is 37.4 Å². The predicted octanol–water partition coefficient (Wildman–Crippen LogP) is 5.11. The van der Waals surface area contributed by atoms with Crippen molar-refractivity contribution >= 4 is 10.8 Å². The monoisotopic (exact) mass is 312 g/mol. The van der Waals surface area contributed by atoms with Gasteiger partial charge in [-0.3, -0.25) is 4.21 Å². The zero-order chi connectivity index (χ0) is 15.2. The first-order valence-electron chi connectivity index (χ1n) is 8.31. The summed E-state index contributed by atoms with van der Waals surface area (Å²) in [5.41, 5.74) is 2.34. The average molecular weight is 312 g/mol. The second-order valence-electron chi connectivity index (χ2n) is 6.25. The van der Waals surface area contributed by atoms with Gasteiger partial charge in [-0.15, -0.1) is 0 Å². The van der Waals surface area contributed by atoms with Crippen LogP contribution in [0.2, 0.25) is 0 Å². The standard InChI is InChI=1S/C20H24OS/c21-22(16-17-10-4-1-5-11-17)20(18-12-6-2-7-13-18)19-14-8-3-9-15-19/h2-3,6-9,12-15,17,20H,1,4-5,10-11,16H2. The highest BCUT2D eigenvalue weighted by Crippen LogP contribution is 2.32. The molecule has 0 heterocycles. The summed E-state index contributed by atoms with van der Waals surface area (Å²) in [6.45, 7) is 0. The highest BCUT2D eigenvalue weighted by atomic mass is 32.2. The molecule has 0 spiro atoms. The molecule has 1 unspecified atom stereocenters. The minimum absolute atomic E-state index is 0.00401. The molecule has 2 aromatic rings. The Hall–Kier alpha value is -1.41. The average Bonchev–Trinajstić information content (AvgIpc) is 2.58. The van der Waals surface area contributed by atoms with E-state index in [1.807, 2.05) is 36.4 Å². The first kappa shape index (κ1) is 15.5. The van der Waals surface area contributed by atoms with Crippen molar-refractivity contribution in [2.24, 2.45) is 5.92 Å². The van der Waals surface area contributed by atoms with Crippen molar-refractivity contribution in [3.05, 3.63) is 71.8 Å². The van der Waals surface area contributed by atoms with Gasteiger partial charge >= 0.3 is 0 Å². The summed E-state index contributed by atoms with van der Waals surface area (Å²) in [6, 6.07) is 20.7. The molecule has 1 nitrogen and oxygen atoms in total. The molecule has 0 N–H and O–H groups in total. The summed E-state index contributed by atoms with van der Waals surface area (Å²) in [5.74, 6) is 1.48. The van der Waals surface area contributed by atoms with Crippen molar-refractivity contribution in [3.8, 4) is 0 Å².